The number of benzene rings is 1. The van der Waals surface area contributed by atoms with Gasteiger partial charge < -0.3 is 4.90 Å². The Morgan fingerprint density at radius 3 is 2.24 bits per heavy atom. The summed E-state index contributed by atoms with van der Waals surface area (Å²) >= 11 is 0. The average molecular weight is 322 g/mol. The van der Waals surface area contributed by atoms with E-state index in [4.69, 9.17) is 0 Å². The summed E-state index contributed by atoms with van der Waals surface area (Å²) in [6.07, 6.45) is 0.372. The number of hydrogen-bond donors (Lipinski definition) is 1. The Morgan fingerprint density at radius 2 is 1.81 bits per heavy atom. The van der Waals surface area contributed by atoms with Gasteiger partial charge in [-0.1, -0.05) is 6.07 Å². The highest BCUT2D eigenvalue weighted by molar-refractivity contribution is 7.93. The van der Waals surface area contributed by atoms with Crippen LogP contribution in [-0.2, 0) is 14.8 Å². The van der Waals surface area contributed by atoms with Crippen molar-refractivity contribution in [3.05, 3.63) is 23.3 Å². The number of nitrogens with one attached hydrogen (secondary N) is 1. The van der Waals surface area contributed by atoms with Crippen LogP contribution in [0.15, 0.2) is 12.1 Å². The standard InChI is InChI=1S/C12H13F3N2O3S/c1-7-5-8(2)10(17-4-3-11(17)18)6-9(7)16-21(19,20)12(13,14)15/h5-6,16H,3-4H2,1-2H3. The largest absolute Gasteiger partial charge is 0.516 e. The predicted molar refractivity (Wildman–Crippen MR) is 71.5 cm³/mol. The van der Waals surface area contributed by atoms with E-state index in [1.54, 1.807) is 6.92 Å². The van der Waals surface area contributed by atoms with Crippen LogP contribution in [0.1, 0.15) is 17.5 Å². The quantitative estimate of drug-likeness (QED) is 0.868. The maximum atomic E-state index is 12.4. The Labute approximate surface area is 119 Å². The molecule has 9 heteroatoms. The Kier molecular flexibility index (Phi) is 3.64. The lowest BCUT2D eigenvalue weighted by Crippen LogP contribution is -2.43. The number of alkyl halides is 3. The second-order valence-corrected chi connectivity index (χ2v) is 6.47. The van der Waals surface area contributed by atoms with Crippen LogP contribution in [0, 0.1) is 13.8 Å². The Hall–Kier alpha value is -1.77. The van der Waals surface area contributed by atoms with Crippen LogP contribution in [-0.4, -0.2) is 26.4 Å². The zero-order valence-corrected chi connectivity index (χ0v) is 12.1. The molecule has 0 saturated carbocycles. The molecule has 1 saturated heterocycles. The van der Waals surface area contributed by atoms with Crippen molar-refractivity contribution in [3.8, 4) is 0 Å². The van der Waals surface area contributed by atoms with Crippen molar-refractivity contribution < 1.29 is 26.4 Å². The van der Waals surface area contributed by atoms with Gasteiger partial charge in [0.15, 0.2) is 0 Å². The number of halogens is 3. The van der Waals surface area contributed by atoms with Crippen molar-refractivity contribution in [1.29, 1.82) is 0 Å². The molecule has 0 aromatic heterocycles. The molecule has 0 atom stereocenters. The first-order valence-corrected chi connectivity index (χ1v) is 7.52. The van der Waals surface area contributed by atoms with Crippen LogP contribution in [0.3, 0.4) is 0 Å². The SMILES string of the molecule is Cc1cc(C)c(N2CCC2=O)cc1NS(=O)(=O)C(F)(F)F. The molecule has 1 heterocycles. The van der Waals surface area contributed by atoms with Crippen molar-refractivity contribution in [1.82, 2.24) is 0 Å². The zero-order valence-electron chi connectivity index (χ0n) is 11.3. The number of rotatable bonds is 3. The van der Waals surface area contributed by atoms with Crippen LogP contribution >= 0.6 is 0 Å². The molecule has 1 N–H and O–H groups in total. The summed E-state index contributed by atoms with van der Waals surface area (Å²) in [7, 11) is -5.48. The fourth-order valence-corrected chi connectivity index (χ4v) is 2.64. The first-order chi connectivity index (χ1) is 9.53. The third-order valence-corrected chi connectivity index (χ3v) is 4.33. The summed E-state index contributed by atoms with van der Waals surface area (Å²) in [4.78, 5) is 12.8. The van der Waals surface area contributed by atoms with Gasteiger partial charge in [0.05, 0.1) is 5.69 Å². The lowest BCUT2D eigenvalue weighted by Gasteiger charge is -2.32. The molecule has 1 aliphatic rings. The van der Waals surface area contributed by atoms with Gasteiger partial charge in [-0.05, 0) is 31.0 Å². The molecule has 1 aromatic rings. The second kappa shape index (κ2) is 4.90. The van der Waals surface area contributed by atoms with Gasteiger partial charge in [0.25, 0.3) is 0 Å². The third kappa shape index (κ3) is 2.82. The number of hydrogen-bond acceptors (Lipinski definition) is 3. The molecule has 2 rings (SSSR count). The average Bonchev–Trinajstić information content (AvgIpc) is 2.31. The molecule has 116 valence electrons. The number of aryl methyl sites for hydroxylation is 2. The van der Waals surface area contributed by atoms with Crippen molar-refractivity contribution in [2.75, 3.05) is 16.2 Å². The highest BCUT2D eigenvalue weighted by Crippen LogP contribution is 2.33. The monoisotopic (exact) mass is 322 g/mol. The molecule has 0 aliphatic carbocycles. The van der Waals surface area contributed by atoms with Crippen molar-refractivity contribution >= 4 is 27.3 Å². The van der Waals surface area contributed by atoms with E-state index in [9.17, 15) is 26.4 Å². The number of carbonyl (C=O) groups is 1. The van der Waals surface area contributed by atoms with E-state index < -0.39 is 15.5 Å². The molecular formula is C12H13F3N2O3S. The van der Waals surface area contributed by atoms with Crippen LogP contribution in [0.25, 0.3) is 0 Å². The van der Waals surface area contributed by atoms with E-state index in [1.165, 1.54) is 28.7 Å². The van der Waals surface area contributed by atoms with Crippen LogP contribution < -0.4 is 9.62 Å². The summed E-state index contributed by atoms with van der Waals surface area (Å²) in [5, 5.41) is 0. The molecule has 0 radical (unpaired) electrons. The van der Waals surface area contributed by atoms with Crippen LogP contribution in [0.4, 0.5) is 24.5 Å². The van der Waals surface area contributed by atoms with E-state index in [2.05, 4.69) is 0 Å². The van der Waals surface area contributed by atoms with Crippen molar-refractivity contribution in [2.45, 2.75) is 25.8 Å². The summed E-state index contributed by atoms with van der Waals surface area (Å²) < 4.78 is 61.1. The molecule has 0 unspecified atom stereocenters. The summed E-state index contributed by atoms with van der Waals surface area (Å²) in [6, 6.07) is 2.79. The van der Waals surface area contributed by atoms with Crippen LogP contribution in [0.5, 0.6) is 0 Å². The second-order valence-electron chi connectivity index (χ2n) is 4.80. The normalized spacial score (nSPS) is 15.9. The van der Waals surface area contributed by atoms with Gasteiger partial charge in [0.2, 0.25) is 5.91 Å². The lowest BCUT2D eigenvalue weighted by molar-refractivity contribution is -0.122. The van der Waals surface area contributed by atoms with E-state index in [0.29, 0.717) is 29.8 Å². The molecule has 21 heavy (non-hydrogen) atoms. The number of carbonyl (C=O) groups excluding carboxylic acids is 1. The first-order valence-electron chi connectivity index (χ1n) is 6.03. The maximum absolute atomic E-state index is 12.4. The van der Waals surface area contributed by atoms with Crippen molar-refractivity contribution in [3.63, 3.8) is 0 Å². The van der Waals surface area contributed by atoms with Gasteiger partial charge in [-0.3, -0.25) is 9.52 Å². The Bertz CT molecular complexity index is 698. The number of anilines is 2. The van der Waals surface area contributed by atoms with E-state index in [-0.39, 0.29) is 11.6 Å². The van der Waals surface area contributed by atoms with Crippen LogP contribution in [0.2, 0.25) is 0 Å². The third-order valence-electron chi connectivity index (χ3n) is 3.23. The molecular weight excluding hydrogens is 309 g/mol. The summed E-state index contributed by atoms with van der Waals surface area (Å²) in [5.41, 5.74) is -4.13. The van der Waals surface area contributed by atoms with E-state index in [0.717, 1.165) is 0 Å². The highest BCUT2D eigenvalue weighted by Gasteiger charge is 2.46. The topological polar surface area (TPSA) is 66.5 Å². The lowest BCUT2D eigenvalue weighted by atomic mass is 10.0. The van der Waals surface area contributed by atoms with Gasteiger partial charge in [0.1, 0.15) is 0 Å². The minimum atomic E-state index is -5.48. The number of amides is 1. The van der Waals surface area contributed by atoms with Gasteiger partial charge >= 0.3 is 15.5 Å². The molecule has 1 aromatic carbocycles. The smallest absolute Gasteiger partial charge is 0.312 e. The molecule has 0 spiro atoms. The number of β-lactam (4-membered cyclic amide) rings is 1. The number of nitrogens with zero attached hydrogens (tertiary/aromatic N) is 1. The fourth-order valence-electron chi connectivity index (χ4n) is 2.01. The maximum Gasteiger partial charge on any atom is 0.516 e. The summed E-state index contributed by atoms with van der Waals surface area (Å²) in [6.45, 7) is 3.66. The van der Waals surface area contributed by atoms with Gasteiger partial charge in [0, 0.05) is 18.7 Å². The highest BCUT2D eigenvalue weighted by atomic mass is 32.2. The molecule has 0 bridgehead atoms. The first kappa shape index (κ1) is 15.6. The van der Waals surface area contributed by atoms with Gasteiger partial charge in [-0.15, -0.1) is 0 Å². The Morgan fingerprint density at radius 1 is 1.19 bits per heavy atom. The fraction of sp³-hybridized carbons (Fsp3) is 0.417. The Balaban J connectivity index is 2.41. The predicted octanol–water partition coefficient (Wildman–Crippen LogP) is 2.30. The molecule has 1 fully saturated rings. The van der Waals surface area contributed by atoms with Gasteiger partial charge in [-0.2, -0.15) is 21.6 Å². The minimum Gasteiger partial charge on any atom is -0.312 e. The van der Waals surface area contributed by atoms with E-state index >= 15 is 0 Å². The zero-order chi connectivity index (χ0) is 16.0. The molecule has 1 amide bonds. The number of sulfonamides is 1. The van der Waals surface area contributed by atoms with Crippen molar-refractivity contribution in [2.24, 2.45) is 0 Å². The minimum absolute atomic E-state index is 0.147. The van der Waals surface area contributed by atoms with E-state index in [1.807, 2.05) is 0 Å². The summed E-state index contributed by atoms with van der Waals surface area (Å²) in [5.74, 6) is -0.147. The molecule has 1 aliphatic heterocycles. The van der Waals surface area contributed by atoms with Gasteiger partial charge in [-0.25, -0.2) is 0 Å². The molecule has 5 nitrogen and oxygen atoms in total.